The van der Waals surface area contributed by atoms with Crippen LogP contribution in [0.4, 0.5) is 0 Å². The summed E-state index contributed by atoms with van der Waals surface area (Å²) < 4.78 is 7.53. The van der Waals surface area contributed by atoms with E-state index in [4.69, 9.17) is 16.3 Å². The summed E-state index contributed by atoms with van der Waals surface area (Å²) in [5, 5.41) is 3.00. The van der Waals surface area contributed by atoms with Gasteiger partial charge in [-0.05, 0) is 18.6 Å². The number of rotatable bonds is 5. The number of aromatic nitrogens is 2. The first-order valence-electron chi connectivity index (χ1n) is 7.10. The highest BCUT2D eigenvalue weighted by atomic mass is 35.5. The van der Waals surface area contributed by atoms with Crippen LogP contribution in [0.15, 0.2) is 18.2 Å². The fourth-order valence-corrected chi connectivity index (χ4v) is 3.02. The van der Waals surface area contributed by atoms with Crippen LogP contribution in [0.5, 0.6) is 5.75 Å². The Morgan fingerprint density at radius 1 is 1.52 bits per heavy atom. The number of para-hydroxylation sites is 1. The Balaban J connectivity index is 2.01. The van der Waals surface area contributed by atoms with Gasteiger partial charge < -0.3 is 14.6 Å². The third-order valence-electron chi connectivity index (χ3n) is 3.85. The maximum Gasteiger partial charge on any atom is 0.220 e. The summed E-state index contributed by atoms with van der Waals surface area (Å²) in [4.78, 5) is 16.1. The number of hydrogen-bond donors (Lipinski definition) is 1. The lowest BCUT2D eigenvalue weighted by Gasteiger charge is -2.14. The first kappa shape index (κ1) is 14.2. The van der Waals surface area contributed by atoms with Crippen molar-refractivity contribution < 1.29 is 9.53 Å². The molecule has 0 saturated carbocycles. The Hall–Kier alpha value is -1.75. The van der Waals surface area contributed by atoms with Crippen LogP contribution < -0.4 is 10.1 Å². The van der Waals surface area contributed by atoms with Crippen LogP contribution in [0.1, 0.15) is 18.7 Å². The number of imidazole rings is 1. The number of carbonyl (C=O) groups is 1. The Bertz CT molecular complexity index is 668. The van der Waals surface area contributed by atoms with Gasteiger partial charge in [0.15, 0.2) is 0 Å². The second-order valence-electron chi connectivity index (χ2n) is 5.21. The molecule has 1 fully saturated rings. The number of fused-ring (bicyclic) bond motifs is 1. The molecule has 1 aromatic heterocycles. The quantitative estimate of drug-likeness (QED) is 0.861. The van der Waals surface area contributed by atoms with E-state index in [9.17, 15) is 4.79 Å². The highest BCUT2D eigenvalue weighted by Crippen LogP contribution is 2.27. The summed E-state index contributed by atoms with van der Waals surface area (Å²) in [5.41, 5.74) is 1.88. The molecule has 1 N–H and O–H groups in total. The van der Waals surface area contributed by atoms with Gasteiger partial charge in [-0.1, -0.05) is 6.07 Å². The predicted octanol–water partition coefficient (Wildman–Crippen LogP) is 2.10. The molecule has 5 nitrogen and oxygen atoms in total. The molecular formula is C15H18ClN3O2. The molecule has 0 radical (unpaired) electrons. The number of carbonyl (C=O) groups excluding carboxylic acids is 1. The summed E-state index contributed by atoms with van der Waals surface area (Å²) in [6, 6.07) is 6.05. The van der Waals surface area contributed by atoms with Crippen LogP contribution in [-0.4, -0.2) is 34.5 Å². The molecule has 1 saturated heterocycles. The average molecular weight is 308 g/mol. The van der Waals surface area contributed by atoms with Gasteiger partial charge in [-0.3, -0.25) is 4.79 Å². The first-order chi connectivity index (χ1) is 10.2. The molecule has 112 valence electrons. The van der Waals surface area contributed by atoms with Crippen LogP contribution in [0.3, 0.4) is 0 Å². The average Bonchev–Trinajstić information content (AvgIpc) is 3.04. The van der Waals surface area contributed by atoms with Crippen LogP contribution in [0.25, 0.3) is 11.0 Å². The fourth-order valence-electron chi connectivity index (χ4n) is 2.85. The van der Waals surface area contributed by atoms with Crippen molar-refractivity contribution >= 4 is 28.5 Å². The Morgan fingerprint density at radius 3 is 3.05 bits per heavy atom. The molecule has 1 aliphatic heterocycles. The topological polar surface area (TPSA) is 56.2 Å². The SMILES string of the molecule is COc1cccc2c1nc(CCCl)n2CC1CCC(=O)N1. The van der Waals surface area contributed by atoms with Crippen molar-refractivity contribution in [2.24, 2.45) is 0 Å². The third-order valence-corrected chi connectivity index (χ3v) is 4.04. The zero-order valence-electron chi connectivity index (χ0n) is 11.9. The van der Waals surface area contributed by atoms with Crippen molar-refractivity contribution in [3.8, 4) is 5.75 Å². The van der Waals surface area contributed by atoms with Crippen molar-refractivity contribution in [2.45, 2.75) is 31.8 Å². The van der Waals surface area contributed by atoms with E-state index >= 15 is 0 Å². The van der Waals surface area contributed by atoms with Crippen LogP contribution in [0.2, 0.25) is 0 Å². The monoisotopic (exact) mass is 307 g/mol. The molecule has 6 heteroatoms. The van der Waals surface area contributed by atoms with Gasteiger partial charge in [0.25, 0.3) is 0 Å². The van der Waals surface area contributed by atoms with Gasteiger partial charge in [0.05, 0.1) is 12.6 Å². The van der Waals surface area contributed by atoms with Gasteiger partial charge >= 0.3 is 0 Å². The zero-order valence-corrected chi connectivity index (χ0v) is 12.7. The molecule has 1 aromatic carbocycles. The van der Waals surface area contributed by atoms with Crippen molar-refractivity contribution in [3.63, 3.8) is 0 Å². The molecule has 2 aromatic rings. The third kappa shape index (κ3) is 2.70. The number of alkyl halides is 1. The molecular weight excluding hydrogens is 290 g/mol. The van der Waals surface area contributed by atoms with E-state index in [2.05, 4.69) is 14.9 Å². The Morgan fingerprint density at radius 2 is 2.38 bits per heavy atom. The van der Waals surface area contributed by atoms with Crippen molar-refractivity contribution in [1.82, 2.24) is 14.9 Å². The fraction of sp³-hybridized carbons (Fsp3) is 0.467. The summed E-state index contributed by atoms with van der Waals surface area (Å²) in [5.74, 6) is 2.34. The lowest BCUT2D eigenvalue weighted by atomic mass is 10.2. The molecule has 21 heavy (non-hydrogen) atoms. The summed E-state index contributed by atoms with van der Waals surface area (Å²) in [7, 11) is 1.65. The molecule has 1 aliphatic rings. The van der Waals surface area contributed by atoms with Gasteiger partial charge in [-0.25, -0.2) is 4.98 Å². The van der Waals surface area contributed by atoms with Gasteiger partial charge in [0.1, 0.15) is 17.1 Å². The Labute approximate surface area is 128 Å². The Kier molecular flexibility index (Phi) is 4.01. The van der Waals surface area contributed by atoms with E-state index in [1.807, 2.05) is 18.2 Å². The lowest BCUT2D eigenvalue weighted by molar-refractivity contribution is -0.119. The maximum absolute atomic E-state index is 11.4. The second kappa shape index (κ2) is 5.93. The molecule has 2 heterocycles. The second-order valence-corrected chi connectivity index (χ2v) is 5.59. The van der Waals surface area contributed by atoms with Crippen LogP contribution in [0, 0.1) is 0 Å². The van der Waals surface area contributed by atoms with Crippen molar-refractivity contribution in [3.05, 3.63) is 24.0 Å². The van der Waals surface area contributed by atoms with E-state index in [1.54, 1.807) is 7.11 Å². The molecule has 0 aliphatic carbocycles. The van der Waals surface area contributed by atoms with E-state index < -0.39 is 0 Å². The molecule has 1 atom stereocenters. The minimum Gasteiger partial charge on any atom is -0.494 e. The maximum atomic E-state index is 11.4. The smallest absolute Gasteiger partial charge is 0.220 e. The standard InChI is InChI=1S/C15H18ClN3O2/c1-21-12-4-2-3-11-15(12)18-13(7-8-16)19(11)9-10-5-6-14(20)17-10/h2-4,10H,5-9H2,1H3,(H,17,20). The van der Waals surface area contributed by atoms with Crippen molar-refractivity contribution in [1.29, 1.82) is 0 Å². The number of amides is 1. The zero-order chi connectivity index (χ0) is 14.8. The summed E-state index contributed by atoms with van der Waals surface area (Å²) in [6.07, 6.45) is 2.16. The van der Waals surface area contributed by atoms with E-state index in [1.165, 1.54) is 0 Å². The summed E-state index contributed by atoms with van der Waals surface area (Å²) in [6.45, 7) is 0.724. The van der Waals surface area contributed by atoms with Gasteiger partial charge in [-0.2, -0.15) is 0 Å². The van der Waals surface area contributed by atoms with Crippen LogP contribution in [-0.2, 0) is 17.8 Å². The van der Waals surface area contributed by atoms with E-state index in [0.29, 0.717) is 18.7 Å². The molecule has 0 bridgehead atoms. The van der Waals surface area contributed by atoms with Gasteiger partial charge in [-0.15, -0.1) is 11.6 Å². The van der Waals surface area contributed by atoms with E-state index in [0.717, 1.165) is 35.6 Å². The molecule has 0 spiro atoms. The van der Waals surface area contributed by atoms with Crippen molar-refractivity contribution in [2.75, 3.05) is 13.0 Å². The number of nitrogens with zero attached hydrogens (tertiary/aromatic N) is 2. The largest absolute Gasteiger partial charge is 0.494 e. The van der Waals surface area contributed by atoms with Gasteiger partial charge in [0.2, 0.25) is 5.91 Å². The number of hydrogen-bond acceptors (Lipinski definition) is 3. The minimum absolute atomic E-state index is 0.126. The number of halogens is 1. The lowest BCUT2D eigenvalue weighted by Crippen LogP contribution is -2.30. The molecule has 1 unspecified atom stereocenters. The van der Waals surface area contributed by atoms with Gasteiger partial charge in [0, 0.05) is 31.3 Å². The molecule has 1 amide bonds. The minimum atomic E-state index is 0.126. The normalized spacial score (nSPS) is 18.2. The van der Waals surface area contributed by atoms with E-state index in [-0.39, 0.29) is 11.9 Å². The number of ether oxygens (including phenoxy) is 1. The number of aryl methyl sites for hydroxylation is 1. The number of benzene rings is 1. The summed E-state index contributed by atoms with van der Waals surface area (Å²) >= 11 is 5.89. The highest BCUT2D eigenvalue weighted by molar-refractivity contribution is 6.17. The first-order valence-corrected chi connectivity index (χ1v) is 7.64. The number of nitrogens with one attached hydrogen (secondary N) is 1. The number of methoxy groups -OCH3 is 1. The highest BCUT2D eigenvalue weighted by Gasteiger charge is 2.23. The predicted molar refractivity (Wildman–Crippen MR) is 81.9 cm³/mol. The van der Waals surface area contributed by atoms with Crippen LogP contribution >= 0.6 is 11.6 Å². The molecule has 3 rings (SSSR count).